The first-order valence-electron chi connectivity index (χ1n) is 17.6. The highest BCUT2D eigenvalue weighted by Gasteiger charge is 2.62. The van der Waals surface area contributed by atoms with E-state index in [4.69, 9.17) is 19.2 Å². The second kappa shape index (κ2) is 13.7. The Morgan fingerprint density at radius 1 is 1.12 bits per heavy atom. The van der Waals surface area contributed by atoms with Gasteiger partial charge in [0.1, 0.15) is 35.2 Å². The molecule has 3 N–H and O–H groups in total. The molecular formula is C37H47N5O9S. The van der Waals surface area contributed by atoms with E-state index in [0.29, 0.717) is 35.8 Å². The molecule has 15 heteroatoms. The van der Waals surface area contributed by atoms with Gasteiger partial charge in [0.2, 0.25) is 21.8 Å². The summed E-state index contributed by atoms with van der Waals surface area (Å²) < 4.78 is 44.7. The standard InChI is InChI=1S/C37H47N5O9S/c1-8-22-18-37(22,34(45)41-52(47,48)25-12-13-25)40-32(43)29-16-24(19-42(29)33(44)31(36(4,5)6)39-35(46)50-20(2)3)51-30-17-27(21-9-10-21)38-28-15-23(49-7)11-14-26(28)30/h8,11,14-15,17,21-22,24-25,29,31H,1-2,9-10,12-13,16,18-19H2,3-7H3,(H,39,46)(H,40,43)(H,41,45)/t22-,24-,29+,31-,37-/m1/s1. The van der Waals surface area contributed by atoms with E-state index in [0.717, 1.165) is 23.9 Å². The highest BCUT2D eigenvalue weighted by Crippen LogP contribution is 2.46. The Morgan fingerprint density at radius 2 is 1.83 bits per heavy atom. The number of pyridine rings is 1. The average molecular weight is 738 g/mol. The summed E-state index contributed by atoms with van der Waals surface area (Å²) in [6, 6.07) is 5.11. The summed E-state index contributed by atoms with van der Waals surface area (Å²) in [7, 11) is -2.32. The predicted octanol–water partition coefficient (Wildman–Crippen LogP) is 3.81. The molecule has 2 heterocycles. The Bertz CT molecular complexity index is 1930. The zero-order valence-electron chi connectivity index (χ0n) is 30.2. The minimum absolute atomic E-state index is 0.0282. The molecule has 3 aliphatic carbocycles. The van der Waals surface area contributed by atoms with Crippen molar-refractivity contribution in [2.75, 3.05) is 13.7 Å². The van der Waals surface area contributed by atoms with Gasteiger partial charge in [0.15, 0.2) is 0 Å². The highest BCUT2D eigenvalue weighted by atomic mass is 32.2. The lowest BCUT2D eigenvalue weighted by Crippen LogP contribution is -2.60. The number of nitrogens with zero attached hydrogens (tertiary/aromatic N) is 2. The molecule has 1 aliphatic heterocycles. The predicted molar refractivity (Wildman–Crippen MR) is 192 cm³/mol. The maximum absolute atomic E-state index is 14.5. The summed E-state index contributed by atoms with van der Waals surface area (Å²) in [5.74, 6) is -0.980. The van der Waals surface area contributed by atoms with Crippen LogP contribution in [-0.2, 0) is 29.1 Å². The summed E-state index contributed by atoms with van der Waals surface area (Å²) in [6.45, 7) is 14.1. The Morgan fingerprint density at radius 3 is 2.40 bits per heavy atom. The molecule has 2 aromatic rings. The molecule has 14 nitrogen and oxygen atoms in total. The van der Waals surface area contributed by atoms with Gasteiger partial charge in [-0.15, -0.1) is 6.58 Å². The number of alkyl carbamates (subject to hydrolysis) is 1. The van der Waals surface area contributed by atoms with Crippen LogP contribution in [0, 0.1) is 11.3 Å². The van der Waals surface area contributed by atoms with Gasteiger partial charge in [0, 0.05) is 41.5 Å². The monoisotopic (exact) mass is 737 g/mol. The summed E-state index contributed by atoms with van der Waals surface area (Å²) >= 11 is 0. The second-order valence-electron chi connectivity index (χ2n) is 15.4. The van der Waals surface area contributed by atoms with Crippen molar-refractivity contribution in [3.05, 3.63) is 55.0 Å². The third kappa shape index (κ3) is 7.74. The molecule has 5 atom stereocenters. The number of sulfonamides is 1. The topological polar surface area (TPSA) is 182 Å². The molecule has 0 bridgehead atoms. The van der Waals surface area contributed by atoms with E-state index < -0.39 is 74.1 Å². The van der Waals surface area contributed by atoms with E-state index in [1.54, 1.807) is 33.9 Å². The zero-order valence-corrected chi connectivity index (χ0v) is 31.0. The number of ether oxygens (including phenoxy) is 3. The molecule has 6 rings (SSSR count). The zero-order chi connectivity index (χ0) is 37.7. The van der Waals surface area contributed by atoms with Crippen molar-refractivity contribution >= 4 is 44.7 Å². The SMILES string of the molecule is C=C[C@@H]1C[C@]1(NC(=O)[C@@H]1C[C@@H](Oc2cc(C3CC3)nc3cc(OC)ccc23)CN1C(=O)[C@@H](NC(=O)OC(=C)C)C(C)(C)C)C(=O)NS(=O)(=O)C1CC1. The first kappa shape index (κ1) is 37.1. The van der Waals surface area contributed by atoms with Crippen LogP contribution < -0.4 is 24.8 Å². The van der Waals surface area contributed by atoms with Gasteiger partial charge < -0.3 is 29.7 Å². The van der Waals surface area contributed by atoms with Crippen molar-refractivity contribution in [1.29, 1.82) is 0 Å². The van der Waals surface area contributed by atoms with Crippen molar-refractivity contribution in [3.8, 4) is 11.5 Å². The average Bonchev–Trinajstić information content (AvgIpc) is 3.95. The number of hydrogen-bond donors (Lipinski definition) is 3. The lowest BCUT2D eigenvalue weighted by Gasteiger charge is -2.35. The van der Waals surface area contributed by atoms with Gasteiger partial charge in [-0.3, -0.25) is 24.1 Å². The Hall–Kier alpha value is -4.66. The second-order valence-corrected chi connectivity index (χ2v) is 17.4. The largest absolute Gasteiger partial charge is 0.497 e. The van der Waals surface area contributed by atoms with E-state index in [-0.39, 0.29) is 25.1 Å². The normalized spacial score (nSPS) is 24.7. The van der Waals surface area contributed by atoms with Crippen molar-refractivity contribution in [2.45, 2.75) is 101 Å². The van der Waals surface area contributed by atoms with Crippen LogP contribution in [0.15, 0.2) is 49.3 Å². The minimum atomic E-state index is -3.90. The highest BCUT2D eigenvalue weighted by molar-refractivity contribution is 7.91. The fourth-order valence-corrected chi connectivity index (χ4v) is 8.07. The van der Waals surface area contributed by atoms with E-state index in [1.807, 2.05) is 18.2 Å². The van der Waals surface area contributed by atoms with Crippen LogP contribution in [0.25, 0.3) is 10.9 Å². The number of benzene rings is 1. The van der Waals surface area contributed by atoms with Crippen LogP contribution in [0.5, 0.6) is 11.5 Å². The molecule has 280 valence electrons. The van der Waals surface area contributed by atoms with Gasteiger partial charge in [0.05, 0.1) is 30.2 Å². The lowest BCUT2D eigenvalue weighted by molar-refractivity contribution is -0.142. The molecule has 52 heavy (non-hydrogen) atoms. The van der Waals surface area contributed by atoms with Gasteiger partial charge in [0.25, 0.3) is 5.91 Å². The Balaban J connectivity index is 1.31. The summed E-state index contributed by atoms with van der Waals surface area (Å²) in [4.78, 5) is 61.2. The number of amides is 4. The quantitative estimate of drug-likeness (QED) is 0.202. The van der Waals surface area contributed by atoms with E-state index >= 15 is 0 Å². The molecule has 4 fully saturated rings. The molecule has 4 aliphatic rings. The molecule has 1 aromatic heterocycles. The molecule has 4 amide bonds. The number of allylic oxidation sites excluding steroid dienone is 1. The summed E-state index contributed by atoms with van der Waals surface area (Å²) in [5.41, 5.74) is -0.818. The van der Waals surface area contributed by atoms with Crippen LogP contribution in [0.3, 0.4) is 0 Å². The Kier molecular flexibility index (Phi) is 9.79. The summed E-state index contributed by atoms with van der Waals surface area (Å²) in [5, 5.41) is 5.52. The van der Waals surface area contributed by atoms with E-state index in [1.165, 1.54) is 17.9 Å². The van der Waals surface area contributed by atoms with Gasteiger partial charge in [-0.25, -0.2) is 13.2 Å². The molecule has 1 aromatic carbocycles. The number of carbonyl (C=O) groups excluding carboxylic acids is 4. The maximum atomic E-state index is 14.5. The van der Waals surface area contributed by atoms with Crippen LogP contribution in [0.4, 0.5) is 4.79 Å². The van der Waals surface area contributed by atoms with Gasteiger partial charge in [-0.1, -0.05) is 33.4 Å². The van der Waals surface area contributed by atoms with E-state index in [2.05, 4.69) is 28.5 Å². The van der Waals surface area contributed by atoms with Gasteiger partial charge in [-0.2, -0.15) is 0 Å². The first-order chi connectivity index (χ1) is 24.4. The Labute approximate surface area is 303 Å². The maximum Gasteiger partial charge on any atom is 0.412 e. The van der Waals surface area contributed by atoms with Gasteiger partial charge in [-0.05, 0) is 56.6 Å². The van der Waals surface area contributed by atoms with Gasteiger partial charge >= 0.3 is 6.09 Å². The summed E-state index contributed by atoms with van der Waals surface area (Å²) in [6.07, 6.45) is 3.06. The van der Waals surface area contributed by atoms with Crippen molar-refractivity contribution < 1.29 is 41.8 Å². The molecule has 0 spiro atoms. The number of likely N-dealkylation sites (tertiary alicyclic amines) is 1. The minimum Gasteiger partial charge on any atom is -0.497 e. The number of hydrogen-bond acceptors (Lipinski definition) is 10. The fraction of sp³-hybridized carbons (Fsp3) is 0.541. The third-order valence-corrected chi connectivity index (χ3v) is 11.8. The number of carbonyl (C=O) groups is 4. The number of fused-ring (bicyclic) bond motifs is 1. The van der Waals surface area contributed by atoms with Crippen molar-refractivity contribution in [1.82, 2.24) is 25.2 Å². The smallest absolute Gasteiger partial charge is 0.412 e. The lowest BCUT2D eigenvalue weighted by atomic mass is 9.85. The van der Waals surface area contributed by atoms with Crippen molar-refractivity contribution in [3.63, 3.8) is 0 Å². The number of methoxy groups -OCH3 is 1. The van der Waals surface area contributed by atoms with Crippen molar-refractivity contribution in [2.24, 2.45) is 11.3 Å². The molecular weight excluding hydrogens is 691 g/mol. The number of aromatic nitrogens is 1. The van der Waals surface area contributed by atoms with Crippen LogP contribution >= 0.6 is 0 Å². The first-order valence-corrected chi connectivity index (χ1v) is 19.1. The number of rotatable bonds is 13. The van der Waals surface area contributed by atoms with E-state index in [9.17, 15) is 27.6 Å². The molecule has 1 saturated heterocycles. The molecule has 3 saturated carbocycles. The number of nitrogens with one attached hydrogen (secondary N) is 3. The van der Waals surface area contributed by atoms with Crippen LogP contribution in [0.1, 0.15) is 77.8 Å². The van der Waals surface area contributed by atoms with Crippen LogP contribution in [-0.4, -0.2) is 84.7 Å². The van der Waals surface area contributed by atoms with Crippen LogP contribution in [0.2, 0.25) is 0 Å². The fourth-order valence-electron chi connectivity index (χ4n) is 6.70. The molecule has 0 unspecified atom stereocenters. The molecule has 0 radical (unpaired) electrons. The third-order valence-electron chi connectivity index (χ3n) is 10.0.